The van der Waals surface area contributed by atoms with Crippen LogP contribution in [0.25, 0.3) is 11.5 Å². The van der Waals surface area contributed by atoms with Crippen molar-refractivity contribution in [3.05, 3.63) is 35.8 Å². The summed E-state index contributed by atoms with van der Waals surface area (Å²) in [6.45, 7) is 3.23. The lowest BCUT2D eigenvalue weighted by Crippen LogP contribution is -2.43. The predicted molar refractivity (Wildman–Crippen MR) is 71.7 cm³/mol. The number of hydrogen-bond acceptors (Lipinski definition) is 5. The SMILES string of the molecule is N#Cc1nc(-c2ccc(F)cc2)oc1N1CCNCC1. The fraction of sp³-hybridized carbons (Fsp3) is 0.286. The summed E-state index contributed by atoms with van der Waals surface area (Å²) in [5.74, 6) is 0.520. The molecule has 1 N–H and O–H groups in total. The van der Waals surface area contributed by atoms with E-state index in [0.29, 0.717) is 17.3 Å². The lowest BCUT2D eigenvalue weighted by Gasteiger charge is -2.26. The first-order chi connectivity index (χ1) is 9.78. The molecular formula is C14H13FN4O. The van der Waals surface area contributed by atoms with E-state index in [1.165, 1.54) is 12.1 Å². The van der Waals surface area contributed by atoms with E-state index < -0.39 is 0 Å². The summed E-state index contributed by atoms with van der Waals surface area (Å²) in [5.41, 5.74) is 0.926. The van der Waals surface area contributed by atoms with Crippen LogP contribution in [0.3, 0.4) is 0 Å². The molecule has 0 bridgehead atoms. The van der Waals surface area contributed by atoms with Gasteiger partial charge in [-0.15, -0.1) is 0 Å². The second-order valence-corrected chi connectivity index (χ2v) is 4.53. The Bertz CT molecular complexity index is 638. The summed E-state index contributed by atoms with van der Waals surface area (Å²) in [5, 5.41) is 12.4. The van der Waals surface area contributed by atoms with Gasteiger partial charge in [0.1, 0.15) is 11.9 Å². The van der Waals surface area contributed by atoms with E-state index in [1.54, 1.807) is 12.1 Å². The first-order valence-electron chi connectivity index (χ1n) is 6.40. The van der Waals surface area contributed by atoms with Gasteiger partial charge in [0.05, 0.1) is 0 Å². The standard InChI is InChI=1S/C14H13FN4O/c15-11-3-1-10(2-4-11)13-18-12(9-16)14(20-13)19-7-5-17-6-8-19/h1-4,17H,5-8H2. The van der Waals surface area contributed by atoms with Crippen molar-refractivity contribution in [1.29, 1.82) is 5.26 Å². The third kappa shape index (κ3) is 2.36. The van der Waals surface area contributed by atoms with E-state index in [4.69, 9.17) is 4.42 Å². The van der Waals surface area contributed by atoms with Crippen LogP contribution in [-0.4, -0.2) is 31.2 Å². The number of nitriles is 1. The van der Waals surface area contributed by atoms with Gasteiger partial charge in [-0.2, -0.15) is 10.2 Å². The Morgan fingerprint density at radius 1 is 1.25 bits per heavy atom. The molecule has 1 aliphatic rings. The maximum absolute atomic E-state index is 12.9. The zero-order chi connectivity index (χ0) is 13.9. The third-order valence-corrected chi connectivity index (χ3v) is 3.21. The highest BCUT2D eigenvalue weighted by Gasteiger charge is 2.21. The zero-order valence-corrected chi connectivity index (χ0v) is 10.8. The molecule has 0 spiro atoms. The molecule has 0 amide bonds. The number of nitrogens with zero attached hydrogens (tertiary/aromatic N) is 3. The number of anilines is 1. The minimum absolute atomic E-state index is 0.270. The summed E-state index contributed by atoms with van der Waals surface area (Å²) in [7, 11) is 0. The number of halogens is 1. The second-order valence-electron chi connectivity index (χ2n) is 4.53. The zero-order valence-electron chi connectivity index (χ0n) is 10.8. The molecule has 20 heavy (non-hydrogen) atoms. The van der Waals surface area contributed by atoms with Crippen LogP contribution in [0.1, 0.15) is 5.69 Å². The lowest BCUT2D eigenvalue weighted by molar-refractivity contribution is 0.512. The van der Waals surface area contributed by atoms with Gasteiger partial charge < -0.3 is 14.6 Å². The number of benzene rings is 1. The van der Waals surface area contributed by atoms with Crippen molar-refractivity contribution in [2.24, 2.45) is 0 Å². The first kappa shape index (κ1) is 12.6. The molecule has 2 aromatic rings. The quantitative estimate of drug-likeness (QED) is 0.902. The maximum atomic E-state index is 12.9. The molecule has 0 unspecified atom stereocenters. The van der Waals surface area contributed by atoms with Gasteiger partial charge in [0.2, 0.25) is 17.5 Å². The van der Waals surface area contributed by atoms with Gasteiger partial charge in [-0.1, -0.05) is 0 Å². The van der Waals surface area contributed by atoms with Gasteiger partial charge in [-0.25, -0.2) is 4.39 Å². The highest BCUT2D eigenvalue weighted by Crippen LogP contribution is 2.28. The lowest BCUT2D eigenvalue weighted by atomic mass is 10.2. The number of rotatable bonds is 2. The van der Waals surface area contributed by atoms with Crippen molar-refractivity contribution in [3.8, 4) is 17.5 Å². The van der Waals surface area contributed by atoms with Gasteiger partial charge in [-0.05, 0) is 24.3 Å². The highest BCUT2D eigenvalue weighted by molar-refractivity contribution is 5.59. The largest absolute Gasteiger partial charge is 0.419 e. The summed E-state index contributed by atoms with van der Waals surface area (Å²) in [6.07, 6.45) is 0. The number of nitrogens with one attached hydrogen (secondary N) is 1. The van der Waals surface area contributed by atoms with Gasteiger partial charge in [0.25, 0.3) is 0 Å². The van der Waals surface area contributed by atoms with Crippen LogP contribution >= 0.6 is 0 Å². The molecular weight excluding hydrogens is 259 g/mol. The average Bonchev–Trinajstić information content (AvgIpc) is 2.93. The fourth-order valence-corrected chi connectivity index (χ4v) is 2.18. The van der Waals surface area contributed by atoms with Crippen LogP contribution < -0.4 is 10.2 Å². The van der Waals surface area contributed by atoms with Crippen LogP contribution in [0.5, 0.6) is 0 Å². The van der Waals surface area contributed by atoms with Crippen LogP contribution in [0.15, 0.2) is 28.7 Å². The van der Waals surface area contributed by atoms with E-state index >= 15 is 0 Å². The van der Waals surface area contributed by atoms with Crippen molar-refractivity contribution in [1.82, 2.24) is 10.3 Å². The van der Waals surface area contributed by atoms with Crippen LogP contribution in [-0.2, 0) is 0 Å². The Hall–Kier alpha value is -2.39. The fourth-order valence-electron chi connectivity index (χ4n) is 2.18. The molecule has 3 rings (SSSR count). The van der Waals surface area contributed by atoms with Crippen molar-refractivity contribution in [2.45, 2.75) is 0 Å². The van der Waals surface area contributed by atoms with Crippen LogP contribution in [0, 0.1) is 17.1 Å². The second kappa shape index (κ2) is 5.31. The van der Waals surface area contributed by atoms with Crippen molar-refractivity contribution < 1.29 is 8.81 Å². The van der Waals surface area contributed by atoms with E-state index in [2.05, 4.69) is 16.4 Å². The minimum Gasteiger partial charge on any atom is -0.419 e. The number of aromatic nitrogens is 1. The monoisotopic (exact) mass is 272 g/mol. The Balaban J connectivity index is 1.96. The minimum atomic E-state index is -0.317. The van der Waals surface area contributed by atoms with Gasteiger partial charge in [0.15, 0.2) is 0 Å². The van der Waals surface area contributed by atoms with Crippen molar-refractivity contribution in [3.63, 3.8) is 0 Å². The Morgan fingerprint density at radius 3 is 2.60 bits per heavy atom. The summed E-state index contributed by atoms with van der Waals surface area (Å²) in [4.78, 5) is 6.19. The Morgan fingerprint density at radius 2 is 1.95 bits per heavy atom. The van der Waals surface area contributed by atoms with Crippen molar-refractivity contribution in [2.75, 3.05) is 31.1 Å². The van der Waals surface area contributed by atoms with Crippen molar-refractivity contribution >= 4 is 5.88 Å². The smallest absolute Gasteiger partial charge is 0.235 e. The molecule has 1 aliphatic heterocycles. The molecule has 0 atom stereocenters. The molecule has 0 radical (unpaired) electrons. The topological polar surface area (TPSA) is 65.1 Å². The summed E-state index contributed by atoms with van der Waals surface area (Å²) in [6, 6.07) is 7.91. The number of piperazine rings is 1. The maximum Gasteiger partial charge on any atom is 0.235 e. The molecule has 1 fully saturated rings. The molecule has 6 heteroatoms. The molecule has 0 saturated carbocycles. The van der Waals surface area contributed by atoms with E-state index in [-0.39, 0.29) is 11.5 Å². The first-order valence-corrected chi connectivity index (χ1v) is 6.40. The molecule has 1 saturated heterocycles. The van der Waals surface area contributed by atoms with E-state index in [0.717, 1.165) is 26.2 Å². The molecule has 2 heterocycles. The van der Waals surface area contributed by atoms with Gasteiger partial charge in [0, 0.05) is 31.7 Å². The predicted octanol–water partition coefficient (Wildman–Crippen LogP) is 1.76. The molecule has 1 aromatic heterocycles. The number of hydrogen-bond donors (Lipinski definition) is 1. The molecule has 1 aromatic carbocycles. The summed E-state index contributed by atoms with van der Waals surface area (Å²) >= 11 is 0. The average molecular weight is 272 g/mol. The normalized spacial score (nSPS) is 15.1. The van der Waals surface area contributed by atoms with Crippen LogP contribution in [0.2, 0.25) is 0 Å². The molecule has 0 aliphatic carbocycles. The van der Waals surface area contributed by atoms with E-state index in [1.807, 2.05) is 4.90 Å². The molecule has 102 valence electrons. The highest BCUT2D eigenvalue weighted by atomic mass is 19.1. The van der Waals surface area contributed by atoms with Gasteiger partial charge in [-0.3, -0.25) is 0 Å². The van der Waals surface area contributed by atoms with E-state index in [9.17, 15) is 9.65 Å². The third-order valence-electron chi connectivity index (χ3n) is 3.21. The Kier molecular flexibility index (Phi) is 3.35. The van der Waals surface area contributed by atoms with Gasteiger partial charge >= 0.3 is 0 Å². The van der Waals surface area contributed by atoms with Crippen LogP contribution in [0.4, 0.5) is 10.3 Å². The Labute approximate surface area is 115 Å². The molecule has 5 nitrogen and oxygen atoms in total. The number of oxazole rings is 1. The summed E-state index contributed by atoms with van der Waals surface area (Å²) < 4.78 is 18.6.